The first-order chi connectivity index (χ1) is 4.81. The number of hydrogen-bond donors (Lipinski definition) is 0. The highest BCUT2D eigenvalue weighted by molar-refractivity contribution is 6.95. The van der Waals surface area contributed by atoms with Crippen molar-refractivity contribution in [2.45, 2.75) is 26.7 Å². The predicted octanol–water partition coefficient (Wildman–Crippen LogP) is 0.993. The minimum Gasteiger partial charge on any atom is -0.396 e. The summed E-state index contributed by atoms with van der Waals surface area (Å²) in [5.41, 5.74) is 0. The fourth-order valence-electron chi connectivity index (χ4n) is 0.431. The SMILES string of the molecule is CCCO[Si]([Si])OCCC. The van der Waals surface area contributed by atoms with Gasteiger partial charge in [0.2, 0.25) is 0 Å². The Bertz CT molecular complexity index is 62.8. The molecular formula is C6H14O2Si2. The first kappa shape index (κ1) is 10.4. The number of hydrogen-bond acceptors (Lipinski definition) is 2. The molecule has 10 heavy (non-hydrogen) atoms. The van der Waals surface area contributed by atoms with E-state index in [-0.39, 0.29) is 0 Å². The van der Waals surface area contributed by atoms with Crippen molar-refractivity contribution in [3.8, 4) is 0 Å². The van der Waals surface area contributed by atoms with E-state index >= 15 is 0 Å². The summed E-state index contributed by atoms with van der Waals surface area (Å²) in [6.07, 6.45) is 2.10. The molecule has 0 aliphatic rings. The maximum Gasteiger partial charge on any atom is 0.348 e. The maximum absolute atomic E-state index is 5.29. The highest BCUT2D eigenvalue weighted by atomic mass is 29.2. The van der Waals surface area contributed by atoms with Crippen LogP contribution in [0.5, 0.6) is 0 Å². The molecule has 0 unspecified atom stereocenters. The molecule has 0 bridgehead atoms. The van der Waals surface area contributed by atoms with Gasteiger partial charge in [0, 0.05) is 13.2 Å². The van der Waals surface area contributed by atoms with Gasteiger partial charge in [0.1, 0.15) is 0 Å². The zero-order valence-electron chi connectivity index (χ0n) is 6.64. The fraction of sp³-hybridized carbons (Fsp3) is 1.00. The van der Waals surface area contributed by atoms with E-state index in [9.17, 15) is 0 Å². The quantitative estimate of drug-likeness (QED) is 0.559. The lowest BCUT2D eigenvalue weighted by molar-refractivity contribution is 0.213. The smallest absolute Gasteiger partial charge is 0.348 e. The number of rotatable bonds is 6. The fourth-order valence-corrected chi connectivity index (χ4v) is 1.91. The van der Waals surface area contributed by atoms with Gasteiger partial charge in [-0.2, -0.15) is 0 Å². The minimum atomic E-state index is -1.11. The Morgan fingerprint density at radius 3 is 1.80 bits per heavy atom. The van der Waals surface area contributed by atoms with Crippen LogP contribution in [-0.2, 0) is 8.85 Å². The summed E-state index contributed by atoms with van der Waals surface area (Å²) in [4.78, 5) is 0. The molecule has 0 aliphatic carbocycles. The summed E-state index contributed by atoms with van der Waals surface area (Å²) >= 11 is 0. The molecule has 0 rings (SSSR count). The van der Waals surface area contributed by atoms with Crippen LogP contribution in [0, 0.1) is 0 Å². The van der Waals surface area contributed by atoms with Gasteiger partial charge >= 0.3 is 8.80 Å². The third-order valence-electron chi connectivity index (χ3n) is 0.875. The van der Waals surface area contributed by atoms with Gasteiger partial charge in [0.25, 0.3) is 0 Å². The normalized spacial score (nSPS) is 10.8. The van der Waals surface area contributed by atoms with Crippen LogP contribution in [-0.4, -0.2) is 31.8 Å². The largest absolute Gasteiger partial charge is 0.396 e. The molecular weight excluding hydrogens is 160 g/mol. The molecule has 58 valence electrons. The van der Waals surface area contributed by atoms with E-state index < -0.39 is 8.80 Å². The van der Waals surface area contributed by atoms with Crippen molar-refractivity contribution >= 4 is 18.6 Å². The lowest BCUT2D eigenvalue weighted by atomic mass is 10.5. The topological polar surface area (TPSA) is 18.5 Å². The van der Waals surface area contributed by atoms with Crippen molar-refractivity contribution in [3.05, 3.63) is 0 Å². The van der Waals surface area contributed by atoms with Gasteiger partial charge in [-0.3, -0.25) is 0 Å². The third kappa shape index (κ3) is 6.47. The molecule has 4 heteroatoms. The van der Waals surface area contributed by atoms with Crippen LogP contribution in [0.4, 0.5) is 0 Å². The van der Waals surface area contributed by atoms with Gasteiger partial charge in [-0.05, 0) is 12.8 Å². The highest BCUT2D eigenvalue weighted by Crippen LogP contribution is 1.88. The Kier molecular flexibility index (Phi) is 7.72. The third-order valence-corrected chi connectivity index (χ3v) is 2.67. The zero-order chi connectivity index (χ0) is 7.82. The van der Waals surface area contributed by atoms with E-state index in [4.69, 9.17) is 8.85 Å². The van der Waals surface area contributed by atoms with Crippen molar-refractivity contribution in [2.75, 3.05) is 13.2 Å². The molecule has 0 aromatic carbocycles. The lowest BCUT2D eigenvalue weighted by Crippen LogP contribution is -2.24. The second-order valence-corrected chi connectivity index (χ2v) is 4.36. The Morgan fingerprint density at radius 1 is 1.10 bits per heavy atom. The van der Waals surface area contributed by atoms with Crippen LogP contribution >= 0.6 is 0 Å². The van der Waals surface area contributed by atoms with Crippen molar-refractivity contribution < 1.29 is 8.85 Å². The van der Waals surface area contributed by atoms with Crippen LogP contribution in [0.15, 0.2) is 0 Å². The molecule has 0 aliphatic heterocycles. The molecule has 0 atom stereocenters. The van der Waals surface area contributed by atoms with Crippen LogP contribution in [0.3, 0.4) is 0 Å². The van der Waals surface area contributed by atoms with E-state index in [1.54, 1.807) is 0 Å². The first-order valence-corrected chi connectivity index (χ1v) is 6.47. The summed E-state index contributed by atoms with van der Waals surface area (Å²) in [7, 11) is 2.28. The van der Waals surface area contributed by atoms with Gasteiger partial charge in [-0.15, -0.1) is 0 Å². The summed E-state index contributed by atoms with van der Waals surface area (Å²) in [5, 5.41) is 0. The summed E-state index contributed by atoms with van der Waals surface area (Å²) < 4.78 is 10.6. The molecule has 0 saturated carbocycles. The second-order valence-electron chi connectivity index (χ2n) is 1.98. The summed E-state index contributed by atoms with van der Waals surface area (Å²) in [6, 6.07) is 0. The Labute approximate surface area is 68.0 Å². The van der Waals surface area contributed by atoms with Crippen LogP contribution in [0.25, 0.3) is 0 Å². The van der Waals surface area contributed by atoms with Crippen molar-refractivity contribution in [2.24, 2.45) is 0 Å². The Hall–Kier alpha value is 0.354. The monoisotopic (exact) mass is 174 g/mol. The second kappa shape index (κ2) is 7.46. The van der Waals surface area contributed by atoms with E-state index in [1.807, 2.05) is 0 Å². The molecule has 0 fully saturated rings. The molecule has 0 aromatic rings. The van der Waals surface area contributed by atoms with Gasteiger partial charge in [-0.1, -0.05) is 13.8 Å². The maximum atomic E-state index is 5.29. The molecule has 0 heterocycles. The van der Waals surface area contributed by atoms with E-state index in [0.29, 0.717) is 0 Å². The predicted molar refractivity (Wildman–Crippen MR) is 44.0 cm³/mol. The van der Waals surface area contributed by atoms with Crippen LogP contribution in [0.2, 0.25) is 0 Å². The summed E-state index contributed by atoms with van der Waals surface area (Å²) in [5.74, 6) is 0. The molecule has 0 saturated heterocycles. The molecule has 2 nitrogen and oxygen atoms in total. The van der Waals surface area contributed by atoms with Crippen molar-refractivity contribution in [1.29, 1.82) is 0 Å². The zero-order valence-corrected chi connectivity index (χ0v) is 8.64. The molecule has 0 amide bonds. The lowest BCUT2D eigenvalue weighted by Gasteiger charge is -2.08. The molecule has 0 spiro atoms. The molecule has 0 aromatic heterocycles. The standard InChI is InChI=1S/C6H14O2Si2/c1-3-5-7-10(9)8-6-4-2/h3-6H2,1-2H3. The Balaban J connectivity index is 3.00. The van der Waals surface area contributed by atoms with Gasteiger partial charge in [0.15, 0.2) is 0 Å². The van der Waals surface area contributed by atoms with Crippen LogP contribution < -0.4 is 0 Å². The van der Waals surface area contributed by atoms with Gasteiger partial charge in [0.05, 0.1) is 9.76 Å². The van der Waals surface area contributed by atoms with Crippen molar-refractivity contribution in [3.63, 3.8) is 0 Å². The molecule has 0 N–H and O–H groups in total. The van der Waals surface area contributed by atoms with E-state index in [2.05, 4.69) is 23.6 Å². The molecule has 4 radical (unpaired) electrons. The first-order valence-electron chi connectivity index (χ1n) is 3.65. The minimum absolute atomic E-state index is 0.793. The van der Waals surface area contributed by atoms with Crippen molar-refractivity contribution in [1.82, 2.24) is 0 Å². The average Bonchev–Trinajstić information content (AvgIpc) is 1.97. The Morgan fingerprint density at radius 2 is 1.50 bits per heavy atom. The summed E-state index contributed by atoms with van der Waals surface area (Å²) in [6.45, 7) is 5.76. The van der Waals surface area contributed by atoms with Crippen LogP contribution in [0.1, 0.15) is 26.7 Å². The average molecular weight is 174 g/mol. The van der Waals surface area contributed by atoms with E-state index in [0.717, 1.165) is 26.1 Å². The highest BCUT2D eigenvalue weighted by Gasteiger charge is 2.04. The van der Waals surface area contributed by atoms with Gasteiger partial charge < -0.3 is 8.85 Å². The van der Waals surface area contributed by atoms with Gasteiger partial charge in [-0.25, -0.2) is 0 Å². The van der Waals surface area contributed by atoms with E-state index in [1.165, 1.54) is 0 Å².